The fourth-order valence-corrected chi connectivity index (χ4v) is 4.13. The highest BCUT2D eigenvalue weighted by molar-refractivity contribution is 6.23. The third-order valence-electron chi connectivity index (χ3n) is 6.07. The molecule has 1 saturated carbocycles. The van der Waals surface area contributed by atoms with Crippen molar-refractivity contribution in [1.29, 1.82) is 0 Å². The van der Waals surface area contributed by atoms with Gasteiger partial charge in [0.05, 0.1) is 11.1 Å². The molecule has 1 N–H and O–H groups in total. The minimum atomic E-state index is -0.964. The predicted octanol–water partition coefficient (Wildman–Crippen LogP) is 0.892. The van der Waals surface area contributed by atoms with E-state index in [9.17, 15) is 24.0 Å². The number of ketones is 1. The molecule has 1 aromatic rings. The van der Waals surface area contributed by atoms with Gasteiger partial charge >= 0.3 is 0 Å². The number of Topliss-reactive ketones (excluding diaryl/α,β-unsaturated/α-hetero) is 1. The van der Waals surface area contributed by atoms with Gasteiger partial charge in [0.25, 0.3) is 11.8 Å². The Morgan fingerprint density at radius 1 is 1.11 bits per heavy atom. The van der Waals surface area contributed by atoms with Crippen molar-refractivity contribution in [2.24, 2.45) is 5.92 Å². The molecule has 146 valence electrons. The highest BCUT2D eigenvalue weighted by Gasteiger charge is 2.45. The summed E-state index contributed by atoms with van der Waals surface area (Å²) in [4.78, 5) is 63.5. The molecule has 3 aliphatic rings. The van der Waals surface area contributed by atoms with Crippen molar-refractivity contribution in [3.8, 4) is 0 Å². The number of hydrogen-bond donors (Lipinski definition) is 1. The summed E-state index contributed by atoms with van der Waals surface area (Å²) >= 11 is 0. The first kappa shape index (κ1) is 18.3. The number of rotatable bonds is 4. The van der Waals surface area contributed by atoms with Gasteiger partial charge in [-0.05, 0) is 44.4 Å². The molecule has 1 aromatic carbocycles. The topological polar surface area (TPSA) is 104 Å². The van der Waals surface area contributed by atoms with Crippen LogP contribution < -0.4 is 10.2 Å². The van der Waals surface area contributed by atoms with Crippen LogP contribution in [-0.4, -0.2) is 53.4 Å². The number of nitrogens with one attached hydrogen (secondary N) is 1. The fraction of sp³-hybridized carbons (Fsp3) is 0.450. The van der Waals surface area contributed by atoms with Crippen LogP contribution in [0.4, 0.5) is 5.69 Å². The molecule has 28 heavy (non-hydrogen) atoms. The number of anilines is 1. The van der Waals surface area contributed by atoms with Gasteiger partial charge in [-0.1, -0.05) is 0 Å². The molecule has 2 fully saturated rings. The number of imide groups is 2. The van der Waals surface area contributed by atoms with Gasteiger partial charge in [-0.25, -0.2) is 0 Å². The van der Waals surface area contributed by atoms with Gasteiger partial charge in [0.1, 0.15) is 11.8 Å². The smallest absolute Gasteiger partial charge is 0.262 e. The normalized spacial score (nSPS) is 26.6. The molecule has 1 unspecified atom stereocenters. The maximum absolute atomic E-state index is 12.9. The number of amides is 4. The van der Waals surface area contributed by atoms with E-state index in [0.29, 0.717) is 0 Å². The van der Waals surface area contributed by atoms with E-state index in [1.807, 2.05) is 11.9 Å². The van der Waals surface area contributed by atoms with Gasteiger partial charge in [0.2, 0.25) is 11.8 Å². The molecule has 0 spiro atoms. The largest absolute Gasteiger partial charge is 0.372 e. The van der Waals surface area contributed by atoms with Gasteiger partial charge in [0, 0.05) is 31.1 Å². The Hall–Kier alpha value is -3.03. The quantitative estimate of drug-likeness (QED) is 0.775. The lowest BCUT2D eigenvalue weighted by atomic mass is 9.77. The molecule has 8 nitrogen and oxygen atoms in total. The lowest BCUT2D eigenvalue weighted by Crippen LogP contribution is -2.54. The van der Waals surface area contributed by atoms with Crippen molar-refractivity contribution >= 4 is 35.1 Å². The van der Waals surface area contributed by atoms with Crippen LogP contribution in [-0.2, 0) is 14.4 Å². The molecule has 0 bridgehead atoms. The van der Waals surface area contributed by atoms with E-state index in [0.717, 1.165) is 23.4 Å². The summed E-state index contributed by atoms with van der Waals surface area (Å²) in [5, 5.41) is 2.19. The molecule has 1 aliphatic carbocycles. The molecule has 2 aliphatic heterocycles. The summed E-state index contributed by atoms with van der Waals surface area (Å²) in [6.07, 6.45) is 1.78. The monoisotopic (exact) mass is 383 g/mol. The van der Waals surface area contributed by atoms with Crippen molar-refractivity contribution in [3.63, 3.8) is 0 Å². The van der Waals surface area contributed by atoms with E-state index in [1.165, 1.54) is 0 Å². The maximum Gasteiger partial charge on any atom is 0.262 e. The van der Waals surface area contributed by atoms with Crippen LogP contribution in [0, 0.1) is 5.92 Å². The van der Waals surface area contributed by atoms with Crippen LogP contribution in [0.5, 0.6) is 0 Å². The van der Waals surface area contributed by atoms with E-state index < -0.39 is 29.7 Å². The number of nitrogens with zero attached hydrogens (tertiary/aromatic N) is 2. The van der Waals surface area contributed by atoms with E-state index in [2.05, 4.69) is 5.32 Å². The van der Waals surface area contributed by atoms with Gasteiger partial charge < -0.3 is 4.90 Å². The van der Waals surface area contributed by atoms with E-state index in [4.69, 9.17) is 0 Å². The molecule has 0 aromatic heterocycles. The lowest BCUT2D eigenvalue weighted by molar-refractivity contribution is -0.136. The van der Waals surface area contributed by atoms with Crippen LogP contribution in [0.15, 0.2) is 18.2 Å². The van der Waals surface area contributed by atoms with Crippen molar-refractivity contribution in [2.75, 3.05) is 11.9 Å². The van der Waals surface area contributed by atoms with Crippen molar-refractivity contribution in [1.82, 2.24) is 10.2 Å². The second kappa shape index (κ2) is 6.54. The van der Waals surface area contributed by atoms with Gasteiger partial charge in [-0.15, -0.1) is 0 Å². The maximum atomic E-state index is 12.9. The summed E-state index contributed by atoms with van der Waals surface area (Å²) in [6.45, 7) is 1.60. The number of carbonyl (C=O) groups is 5. The Morgan fingerprint density at radius 2 is 1.79 bits per heavy atom. The second-order valence-electron chi connectivity index (χ2n) is 7.72. The van der Waals surface area contributed by atoms with Gasteiger partial charge in [-0.3, -0.25) is 34.2 Å². The highest BCUT2D eigenvalue weighted by atomic mass is 16.2. The van der Waals surface area contributed by atoms with Gasteiger partial charge in [-0.2, -0.15) is 0 Å². The van der Waals surface area contributed by atoms with Crippen LogP contribution >= 0.6 is 0 Å². The number of carbonyl (C=O) groups excluding carboxylic acids is 5. The SMILES string of the molecule is CC(=O)C1CC(N(C)c2ccc3c(c2)C(=O)N(C2CCC(=O)NC2=O)C3=O)C1. The molecular formula is C20H21N3O5. The Kier molecular flexibility index (Phi) is 4.28. The summed E-state index contributed by atoms with van der Waals surface area (Å²) in [7, 11) is 1.90. The summed E-state index contributed by atoms with van der Waals surface area (Å²) < 4.78 is 0. The standard InChI is InChI=1S/C20H21N3O5/c1-10(24)11-7-13(8-11)22(2)12-3-4-14-15(9-12)20(28)23(19(14)27)16-5-6-17(25)21-18(16)26/h3-4,9,11,13,16H,5-8H2,1-2H3,(H,21,25,26). The minimum Gasteiger partial charge on any atom is -0.372 e. The fourth-order valence-electron chi connectivity index (χ4n) is 4.13. The molecule has 0 radical (unpaired) electrons. The van der Waals surface area contributed by atoms with Crippen molar-refractivity contribution < 1.29 is 24.0 Å². The molecule has 1 saturated heterocycles. The average Bonchev–Trinajstić information content (AvgIpc) is 2.84. The zero-order valence-corrected chi connectivity index (χ0v) is 15.7. The predicted molar refractivity (Wildman–Crippen MR) is 98.7 cm³/mol. The number of benzene rings is 1. The average molecular weight is 383 g/mol. The summed E-state index contributed by atoms with van der Waals surface area (Å²) in [6, 6.07) is 4.30. The first-order chi connectivity index (χ1) is 13.3. The van der Waals surface area contributed by atoms with Crippen LogP contribution in [0.2, 0.25) is 0 Å². The molecule has 2 heterocycles. The van der Waals surface area contributed by atoms with E-state index >= 15 is 0 Å². The van der Waals surface area contributed by atoms with Crippen molar-refractivity contribution in [3.05, 3.63) is 29.3 Å². The zero-order chi connectivity index (χ0) is 20.2. The molecular weight excluding hydrogens is 362 g/mol. The van der Waals surface area contributed by atoms with E-state index in [-0.39, 0.29) is 41.7 Å². The number of piperidine rings is 1. The molecule has 8 heteroatoms. The zero-order valence-electron chi connectivity index (χ0n) is 15.7. The third kappa shape index (κ3) is 2.80. The van der Waals surface area contributed by atoms with Crippen LogP contribution in [0.3, 0.4) is 0 Å². The van der Waals surface area contributed by atoms with Gasteiger partial charge in [0.15, 0.2) is 0 Å². The number of hydrogen-bond acceptors (Lipinski definition) is 6. The van der Waals surface area contributed by atoms with E-state index in [1.54, 1.807) is 25.1 Å². The third-order valence-corrected chi connectivity index (χ3v) is 6.07. The Labute approximate surface area is 161 Å². The van der Waals surface area contributed by atoms with Crippen molar-refractivity contribution in [2.45, 2.75) is 44.7 Å². The first-order valence-corrected chi connectivity index (χ1v) is 9.37. The molecule has 1 atom stereocenters. The Balaban J connectivity index is 1.55. The summed E-state index contributed by atoms with van der Waals surface area (Å²) in [5.41, 5.74) is 1.32. The Bertz CT molecular complexity index is 918. The minimum absolute atomic E-state index is 0.0908. The highest BCUT2D eigenvalue weighted by Crippen LogP contribution is 2.36. The first-order valence-electron chi connectivity index (χ1n) is 9.37. The summed E-state index contributed by atoms with van der Waals surface area (Å²) in [5.74, 6) is -1.75. The number of fused-ring (bicyclic) bond motifs is 1. The second-order valence-corrected chi connectivity index (χ2v) is 7.72. The molecule has 4 rings (SSSR count). The van der Waals surface area contributed by atoms with Crippen LogP contribution in [0.25, 0.3) is 0 Å². The molecule has 4 amide bonds. The van der Waals surface area contributed by atoms with Crippen LogP contribution in [0.1, 0.15) is 53.3 Å². The lowest BCUT2D eigenvalue weighted by Gasteiger charge is -2.41. The Morgan fingerprint density at radius 3 is 2.43 bits per heavy atom.